The summed E-state index contributed by atoms with van der Waals surface area (Å²) in [6, 6.07) is 7.87. The highest BCUT2D eigenvalue weighted by molar-refractivity contribution is 14.1. The lowest BCUT2D eigenvalue weighted by molar-refractivity contribution is 0.102. The maximum atomic E-state index is 12.5. The van der Waals surface area contributed by atoms with E-state index in [1.165, 1.54) is 16.9 Å². The van der Waals surface area contributed by atoms with Gasteiger partial charge < -0.3 is 5.32 Å². The predicted molar refractivity (Wildman–Crippen MR) is 92.6 cm³/mol. The van der Waals surface area contributed by atoms with E-state index in [9.17, 15) is 4.79 Å². The number of nitrogens with one attached hydrogen (secondary N) is 1. The van der Waals surface area contributed by atoms with Gasteiger partial charge in [-0.3, -0.25) is 4.79 Å². The lowest BCUT2D eigenvalue weighted by atomic mass is 9.88. The van der Waals surface area contributed by atoms with Gasteiger partial charge in [-0.2, -0.15) is 0 Å². The number of halogens is 1. The Morgan fingerprint density at radius 3 is 3.00 bits per heavy atom. The van der Waals surface area contributed by atoms with Crippen LogP contribution >= 0.6 is 33.9 Å². The second-order valence-electron chi connectivity index (χ2n) is 5.33. The maximum absolute atomic E-state index is 12.5. The van der Waals surface area contributed by atoms with Crippen LogP contribution in [0.3, 0.4) is 0 Å². The Morgan fingerprint density at radius 1 is 1.40 bits per heavy atom. The molecule has 1 aliphatic rings. The Hall–Kier alpha value is -0.880. The van der Waals surface area contributed by atoms with Crippen molar-refractivity contribution in [1.82, 2.24) is 0 Å². The quantitative estimate of drug-likeness (QED) is 0.730. The molecule has 1 heterocycles. The molecule has 1 aliphatic carbocycles. The van der Waals surface area contributed by atoms with Crippen LogP contribution in [-0.2, 0) is 12.8 Å². The minimum Gasteiger partial charge on any atom is -0.321 e. The lowest BCUT2D eigenvalue weighted by Gasteiger charge is -2.18. The molecule has 0 fully saturated rings. The first-order valence-corrected chi connectivity index (χ1v) is 8.76. The summed E-state index contributed by atoms with van der Waals surface area (Å²) in [4.78, 5) is 13.9. The Labute approximate surface area is 136 Å². The average molecular weight is 397 g/mol. The van der Waals surface area contributed by atoms with Crippen LogP contribution in [-0.4, -0.2) is 5.91 Å². The Balaban J connectivity index is 1.84. The fourth-order valence-corrected chi connectivity index (χ4v) is 4.39. The van der Waals surface area contributed by atoms with Crippen molar-refractivity contribution >= 4 is 45.5 Å². The number of anilines is 1. The number of para-hydroxylation sites is 1. The van der Waals surface area contributed by atoms with E-state index in [0.717, 1.165) is 33.6 Å². The molecule has 1 atom stereocenters. The topological polar surface area (TPSA) is 29.1 Å². The number of benzene rings is 1. The average Bonchev–Trinajstić information content (AvgIpc) is 2.84. The number of amides is 1. The monoisotopic (exact) mass is 397 g/mol. The fraction of sp³-hybridized carbons (Fsp3) is 0.312. The molecule has 2 nitrogen and oxygen atoms in total. The van der Waals surface area contributed by atoms with Crippen molar-refractivity contribution in [3.8, 4) is 0 Å². The van der Waals surface area contributed by atoms with Gasteiger partial charge in [0.2, 0.25) is 0 Å². The summed E-state index contributed by atoms with van der Waals surface area (Å²) in [6.45, 7) is 2.29. The molecule has 1 amide bonds. The van der Waals surface area contributed by atoms with Crippen LogP contribution in [0, 0.1) is 9.49 Å². The molecule has 1 N–H and O–H groups in total. The largest absolute Gasteiger partial charge is 0.321 e. The molecule has 0 saturated carbocycles. The fourth-order valence-electron chi connectivity index (χ4n) is 2.62. The van der Waals surface area contributed by atoms with Gasteiger partial charge in [0.1, 0.15) is 0 Å². The van der Waals surface area contributed by atoms with Crippen LogP contribution in [0.5, 0.6) is 0 Å². The molecule has 104 valence electrons. The smallest absolute Gasteiger partial charge is 0.256 e. The molecule has 1 aromatic heterocycles. The second kappa shape index (κ2) is 5.85. The molecular formula is C16H16INOS. The minimum absolute atomic E-state index is 0.0289. The third kappa shape index (κ3) is 2.76. The van der Waals surface area contributed by atoms with E-state index in [4.69, 9.17) is 0 Å². The van der Waals surface area contributed by atoms with Crippen LogP contribution in [0.4, 0.5) is 5.69 Å². The Kier molecular flexibility index (Phi) is 4.12. The van der Waals surface area contributed by atoms with Crippen LogP contribution in [0.1, 0.15) is 34.1 Å². The van der Waals surface area contributed by atoms with E-state index in [1.54, 1.807) is 11.3 Å². The molecule has 3 rings (SSSR count). The highest BCUT2D eigenvalue weighted by Gasteiger charge is 2.23. The van der Waals surface area contributed by atoms with E-state index in [0.29, 0.717) is 0 Å². The van der Waals surface area contributed by atoms with E-state index >= 15 is 0 Å². The standard InChI is InChI=1S/C16H16INOS/c1-10-6-7-11-12(9-20-15(11)8-10)16(19)18-14-5-3-2-4-13(14)17/h2-5,9-10H,6-8H2,1H3,(H,18,19)/t10-/m0/s1. The zero-order valence-electron chi connectivity index (χ0n) is 11.3. The molecular weight excluding hydrogens is 381 g/mol. The van der Waals surface area contributed by atoms with Gasteiger partial charge in [0.15, 0.2) is 0 Å². The lowest BCUT2D eigenvalue weighted by Crippen LogP contribution is -2.16. The summed E-state index contributed by atoms with van der Waals surface area (Å²) < 4.78 is 1.07. The van der Waals surface area contributed by atoms with Gasteiger partial charge in [-0.05, 0) is 65.5 Å². The van der Waals surface area contributed by atoms with E-state index in [2.05, 4.69) is 34.8 Å². The summed E-state index contributed by atoms with van der Waals surface area (Å²) in [5.41, 5.74) is 3.04. The Bertz CT molecular complexity index is 650. The molecule has 0 spiro atoms. The Morgan fingerprint density at radius 2 is 2.20 bits per heavy atom. The van der Waals surface area contributed by atoms with Crippen LogP contribution in [0.15, 0.2) is 29.6 Å². The molecule has 0 bridgehead atoms. The van der Waals surface area contributed by atoms with Gasteiger partial charge in [0, 0.05) is 13.8 Å². The highest BCUT2D eigenvalue weighted by Crippen LogP contribution is 2.33. The van der Waals surface area contributed by atoms with Crippen molar-refractivity contribution in [2.45, 2.75) is 26.2 Å². The van der Waals surface area contributed by atoms with Gasteiger partial charge in [-0.25, -0.2) is 0 Å². The molecule has 4 heteroatoms. The van der Waals surface area contributed by atoms with Crippen molar-refractivity contribution in [3.63, 3.8) is 0 Å². The van der Waals surface area contributed by atoms with Crippen LogP contribution < -0.4 is 5.32 Å². The summed E-state index contributed by atoms with van der Waals surface area (Å²) in [7, 11) is 0. The molecule has 1 aromatic carbocycles. The first kappa shape index (κ1) is 14.1. The normalized spacial score (nSPS) is 17.6. The molecule has 0 aliphatic heterocycles. The van der Waals surface area contributed by atoms with Gasteiger partial charge in [-0.15, -0.1) is 11.3 Å². The molecule has 0 saturated heterocycles. The molecule has 2 aromatic rings. The number of carbonyl (C=O) groups excluding carboxylic acids is 1. The van der Waals surface area contributed by atoms with E-state index in [1.807, 2.05) is 29.6 Å². The van der Waals surface area contributed by atoms with Crippen molar-refractivity contribution < 1.29 is 4.79 Å². The molecule has 0 unspecified atom stereocenters. The predicted octanol–water partition coefficient (Wildman–Crippen LogP) is 4.73. The van der Waals surface area contributed by atoms with Gasteiger partial charge >= 0.3 is 0 Å². The van der Waals surface area contributed by atoms with Crippen LogP contribution in [0.2, 0.25) is 0 Å². The second-order valence-corrected chi connectivity index (χ2v) is 7.46. The van der Waals surface area contributed by atoms with Crippen molar-refractivity contribution in [1.29, 1.82) is 0 Å². The third-order valence-corrected chi connectivity index (χ3v) is 5.76. The number of carbonyl (C=O) groups is 1. The van der Waals surface area contributed by atoms with Crippen LogP contribution in [0.25, 0.3) is 0 Å². The summed E-state index contributed by atoms with van der Waals surface area (Å²) in [5, 5.41) is 5.06. The van der Waals surface area contributed by atoms with Crippen molar-refractivity contribution in [2.75, 3.05) is 5.32 Å². The number of fused-ring (bicyclic) bond motifs is 1. The maximum Gasteiger partial charge on any atom is 0.256 e. The summed E-state index contributed by atoms with van der Waals surface area (Å²) >= 11 is 3.98. The highest BCUT2D eigenvalue weighted by atomic mass is 127. The first-order valence-electron chi connectivity index (χ1n) is 6.80. The number of hydrogen-bond acceptors (Lipinski definition) is 2. The van der Waals surface area contributed by atoms with Gasteiger partial charge in [0.25, 0.3) is 5.91 Å². The zero-order valence-corrected chi connectivity index (χ0v) is 14.3. The minimum atomic E-state index is 0.0289. The zero-order chi connectivity index (χ0) is 14.1. The molecule has 0 radical (unpaired) electrons. The number of rotatable bonds is 2. The van der Waals surface area contributed by atoms with Gasteiger partial charge in [-0.1, -0.05) is 19.1 Å². The number of hydrogen-bond donors (Lipinski definition) is 1. The third-order valence-electron chi connectivity index (χ3n) is 3.77. The first-order chi connectivity index (χ1) is 9.65. The van der Waals surface area contributed by atoms with Gasteiger partial charge in [0.05, 0.1) is 11.3 Å². The summed E-state index contributed by atoms with van der Waals surface area (Å²) in [5.74, 6) is 0.772. The van der Waals surface area contributed by atoms with Crippen molar-refractivity contribution in [2.24, 2.45) is 5.92 Å². The molecule has 20 heavy (non-hydrogen) atoms. The van der Waals surface area contributed by atoms with E-state index in [-0.39, 0.29) is 5.91 Å². The summed E-state index contributed by atoms with van der Waals surface area (Å²) in [6.07, 6.45) is 3.34. The SMILES string of the molecule is C[C@H]1CCc2c(C(=O)Nc3ccccc3I)csc2C1. The van der Waals surface area contributed by atoms with E-state index < -0.39 is 0 Å². The number of thiophene rings is 1. The van der Waals surface area contributed by atoms with Crippen molar-refractivity contribution in [3.05, 3.63) is 49.2 Å².